The molecule has 2 aromatic rings. The number of nitro groups is 1. The van der Waals surface area contributed by atoms with E-state index >= 15 is 0 Å². The molecule has 0 aliphatic heterocycles. The molecule has 1 aromatic carbocycles. The summed E-state index contributed by atoms with van der Waals surface area (Å²) in [4.78, 5) is 24.9. The normalized spacial score (nSPS) is 10.3. The number of benzene rings is 1. The van der Waals surface area contributed by atoms with Crippen LogP contribution in [0.15, 0.2) is 41.6 Å². The Hall–Kier alpha value is -2.57. The zero-order valence-corrected chi connectivity index (χ0v) is 9.12. The predicted octanol–water partition coefficient (Wildman–Crippen LogP) is 1.34. The minimum absolute atomic E-state index is 0.0688. The summed E-state index contributed by atoms with van der Waals surface area (Å²) in [5.74, 6) is -0.932. The van der Waals surface area contributed by atoms with E-state index in [9.17, 15) is 19.3 Å². The molecule has 0 radical (unpaired) electrons. The van der Waals surface area contributed by atoms with Gasteiger partial charge in [-0.15, -0.1) is 0 Å². The molecular weight excluding hydrogens is 241 g/mol. The van der Waals surface area contributed by atoms with Crippen molar-refractivity contribution >= 4 is 5.69 Å². The molecule has 7 heteroatoms. The standard InChI is InChI=1S/C11H8FN3O3/c12-11-8(2-1-3-9(11)15(17)18)6-14-7-13-5-4-10(14)16/h1-5,7H,6H2. The van der Waals surface area contributed by atoms with Gasteiger partial charge in [0.15, 0.2) is 0 Å². The van der Waals surface area contributed by atoms with Crippen LogP contribution in [0.4, 0.5) is 10.1 Å². The van der Waals surface area contributed by atoms with Crippen LogP contribution in [-0.2, 0) is 6.54 Å². The van der Waals surface area contributed by atoms with Crippen LogP contribution < -0.4 is 5.56 Å². The third-order valence-electron chi connectivity index (χ3n) is 2.39. The Bertz CT molecular complexity index is 654. The van der Waals surface area contributed by atoms with E-state index in [2.05, 4.69) is 4.98 Å². The molecule has 0 atom stereocenters. The van der Waals surface area contributed by atoms with Gasteiger partial charge in [-0.25, -0.2) is 4.98 Å². The maximum atomic E-state index is 13.8. The molecule has 0 amide bonds. The van der Waals surface area contributed by atoms with Crippen LogP contribution in [0, 0.1) is 15.9 Å². The van der Waals surface area contributed by atoms with Gasteiger partial charge in [0.05, 0.1) is 17.8 Å². The monoisotopic (exact) mass is 249 g/mol. The predicted molar refractivity (Wildman–Crippen MR) is 60.7 cm³/mol. The van der Waals surface area contributed by atoms with E-state index in [4.69, 9.17) is 0 Å². The molecule has 0 saturated carbocycles. The highest BCUT2D eigenvalue weighted by molar-refractivity contribution is 5.36. The fourth-order valence-corrected chi connectivity index (χ4v) is 1.51. The fourth-order valence-electron chi connectivity index (χ4n) is 1.51. The maximum Gasteiger partial charge on any atom is 0.305 e. The Morgan fingerprint density at radius 1 is 1.39 bits per heavy atom. The van der Waals surface area contributed by atoms with Crippen molar-refractivity contribution in [1.82, 2.24) is 9.55 Å². The van der Waals surface area contributed by atoms with E-state index < -0.39 is 16.4 Å². The van der Waals surface area contributed by atoms with Crippen molar-refractivity contribution in [3.05, 3.63) is 68.6 Å². The van der Waals surface area contributed by atoms with Crippen molar-refractivity contribution in [3.8, 4) is 0 Å². The van der Waals surface area contributed by atoms with Gasteiger partial charge in [0.25, 0.3) is 5.56 Å². The van der Waals surface area contributed by atoms with Gasteiger partial charge in [0.2, 0.25) is 5.82 Å². The lowest BCUT2D eigenvalue weighted by molar-refractivity contribution is -0.387. The fraction of sp³-hybridized carbons (Fsp3) is 0.0909. The highest BCUT2D eigenvalue weighted by atomic mass is 19.1. The summed E-state index contributed by atoms with van der Waals surface area (Å²) in [5.41, 5.74) is -0.889. The first-order chi connectivity index (χ1) is 8.59. The number of aromatic nitrogens is 2. The number of halogens is 1. The van der Waals surface area contributed by atoms with Gasteiger partial charge >= 0.3 is 5.69 Å². The van der Waals surface area contributed by atoms with Gasteiger partial charge in [-0.2, -0.15) is 4.39 Å². The van der Waals surface area contributed by atoms with Crippen molar-refractivity contribution in [2.45, 2.75) is 6.54 Å². The van der Waals surface area contributed by atoms with Crippen LogP contribution in [0.2, 0.25) is 0 Å². The van der Waals surface area contributed by atoms with Crippen LogP contribution in [0.3, 0.4) is 0 Å². The molecule has 1 aromatic heterocycles. The minimum atomic E-state index is -0.932. The van der Waals surface area contributed by atoms with Crippen LogP contribution in [0.1, 0.15) is 5.56 Å². The summed E-state index contributed by atoms with van der Waals surface area (Å²) < 4.78 is 14.9. The van der Waals surface area contributed by atoms with Crippen LogP contribution in [0.5, 0.6) is 0 Å². The molecule has 0 bridgehead atoms. The van der Waals surface area contributed by atoms with E-state index in [1.54, 1.807) is 0 Å². The van der Waals surface area contributed by atoms with E-state index in [1.807, 2.05) is 0 Å². The second kappa shape index (κ2) is 4.74. The highest BCUT2D eigenvalue weighted by Crippen LogP contribution is 2.20. The first kappa shape index (κ1) is 11.9. The maximum absolute atomic E-state index is 13.8. The number of rotatable bonds is 3. The number of nitro benzene ring substituents is 1. The largest absolute Gasteiger partial charge is 0.305 e. The first-order valence-electron chi connectivity index (χ1n) is 5.02. The summed E-state index contributed by atoms with van der Waals surface area (Å²) >= 11 is 0. The van der Waals surface area contributed by atoms with Gasteiger partial charge < -0.3 is 0 Å². The Balaban J connectivity index is 2.42. The van der Waals surface area contributed by atoms with E-state index in [0.717, 1.165) is 6.07 Å². The van der Waals surface area contributed by atoms with Gasteiger partial charge in [0.1, 0.15) is 0 Å². The SMILES string of the molecule is O=c1ccncn1Cc1cccc([N+](=O)[O-])c1F. The molecule has 18 heavy (non-hydrogen) atoms. The lowest BCUT2D eigenvalue weighted by Gasteiger charge is -2.05. The summed E-state index contributed by atoms with van der Waals surface area (Å²) in [6.45, 7) is -0.0970. The van der Waals surface area contributed by atoms with Crippen LogP contribution >= 0.6 is 0 Å². The second-order valence-corrected chi connectivity index (χ2v) is 3.55. The smallest absolute Gasteiger partial charge is 0.295 e. The first-order valence-corrected chi connectivity index (χ1v) is 5.02. The molecule has 2 rings (SSSR count). The van der Waals surface area contributed by atoms with E-state index in [1.165, 1.54) is 35.3 Å². The van der Waals surface area contributed by atoms with Gasteiger partial charge in [0, 0.05) is 23.9 Å². The molecule has 6 nitrogen and oxygen atoms in total. The van der Waals surface area contributed by atoms with Crippen LogP contribution in [-0.4, -0.2) is 14.5 Å². The number of hydrogen-bond acceptors (Lipinski definition) is 4. The minimum Gasteiger partial charge on any atom is -0.295 e. The number of nitrogens with zero attached hydrogens (tertiary/aromatic N) is 3. The number of hydrogen-bond donors (Lipinski definition) is 0. The Morgan fingerprint density at radius 2 is 2.17 bits per heavy atom. The van der Waals surface area contributed by atoms with Crippen molar-refractivity contribution in [2.24, 2.45) is 0 Å². The summed E-state index contributed by atoms with van der Waals surface area (Å²) in [6.07, 6.45) is 2.57. The summed E-state index contributed by atoms with van der Waals surface area (Å²) in [5, 5.41) is 10.6. The van der Waals surface area contributed by atoms with Crippen molar-refractivity contribution in [1.29, 1.82) is 0 Å². The average Bonchev–Trinajstić information content (AvgIpc) is 2.34. The topological polar surface area (TPSA) is 78.0 Å². The Kier molecular flexibility index (Phi) is 3.13. The van der Waals surface area contributed by atoms with Crippen molar-refractivity contribution in [3.63, 3.8) is 0 Å². The van der Waals surface area contributed by atoms with Crippen molar-refractivity contribution in [2.75, 3.05) is 0 Å². The molecule has 92 valence electrons. The molecule has 0 N–H and O–H groups in total. The second-order valence-electron chi connectivity index (χ2n) is 3.55. The lowest BCUT2D eigenvalue weighted by Crippen LogP contribution is -2.20. The molecule has 0 aliphatic rings. The van der Waals surface area contributed by atoms with E-state index in [0.29, 0.717) is 0 Å². The zero-order valence-electron chi connectivity index (χ0n) is 9.12. The highest BCUT2D eigenvalue weighted by Gasteiger charge is 2.17. The zero-order chi connectivity index (χ0) is 13.1. The van der Waals surface area contributed by atoms with Crippen molar-refractivity contribution < 1.29 is 9.31 Å². The average molecular weight is 249 g/mol. The molecule has 0 spiro atoms. The molecule has 0 aliphatic carbocycles. The van der Waals surface area contributed by atoms with Gasteiger partial charge in [-0.1, -0.05) is 12.1 Å². The Morgan fingerprint density at radius 3 is 2.83 bits per heavy atom. The molecular formula is C11H8FN3O3. The van der Waals surface area contributed by atoms with Gasteiger partial charge in [-0.3, -0.25) is 19.5 Å². The molecule has 0 saturated heterocycles. The third kappa shape index (κ3) is 2.24. The quantitative estimate of drug-likeness (QED) is 0.607. The third-order valence-corrected chi connectivity index (χ3v) is 2.39. The Labute approximate surface area is 100 Å². The molecule has 0 fully saturated rings. The summed E-state index contributed by atoms with van der Waals surface area (Å²) in [6, 6.07) is 5.07. The van der Waals surface area contributed by atoms with Gasteiger partial charge in [-0.05, 0) is 0 Å². The van der Waals surface area contributed by atoms with Crippen LogP contribution in [0.25, 0.3) is 0 Å². The van der Waals surface area contributed by atoms with E-state index in [-0.39, 0.29) is 17.7 Å². The summed E-state index contributed by atoms with van der Waals surface area (Å²) in [7, 11) is 0. The molecule has 1 heterocycles. The molecule has 0 unspecified atom stereocenters. The lowest BCUT2D eigenvalue weighted by atomic mass is 10.2.